The van der Waals surface area contributed by atoms with Crippen LogP contribution in [0.25, 0.3) is 66.8 Å². The van der Waals surface area contributed by atoms with E-state index in [2.05, 4.69) is 170 Å². The molecule has 47 heavy (non-hydrogen) atoms. The number of hydrogen-bond donors (Lipinski definition) is 0. The van der Waals surface area contributed by atoms with Gasteiger partial charge >= 0.3 is 0 Å². The monoisotopic (exact) mass is 596 g/mol. The van der Waals surface area contributed by atoms with Gasteiger partial charge < -0.3 is 0 Å². The van der Waals surface area contributed by atoms with Crippen LogP contribution in [0.3, 0.4) is 0 Å². The summed E-state index contributed by atoms with van der Waals surface area (Å²) in [6.07, 6.45) is 0. The molecule has 1 spiro atoms. The Labute approximate surface area is 273 Å². The predicted octanol–water partition coefficient (Wildman–Crippen LogP) is 11.0. The molecule has 0 atom stereocenters. The topological polar surface area (TPSA) is 25.8 Å². The highest BCUT2D eigenvalue weighted by atomic mass is 14.9. The predicted molar refractivity (Wildman–Crippen MR) is 192 cm³/mol. The molecule has 0 fully saturated rings. The number of fused-ring (bicyclic) bond motifs is 11. The van der Waals surface area contributed by atoms with E-state index < -0.39 is 5.41 Å². The van der Waals surface area contributed by atoms with Gasteiger partial charge in [0.2, 0.25) is 0 Å². The zero-order chi connectivity index (χ0) is 31.0. The molecule has 0 aliphatic heterocycles. The van der Waals surface area contributed by atoms with E-state index in [4.69, 9.17) is 9.97 Å². The molecule has 2 heteroatoms. The second kappa shape index (κ2) is 9.94. The van der Waals surface area contributed by atoms with Crippen molar-refractivity contribution in [3.8, 4) is 56.0 Å². The molecule has 1 heterocycles. The Bertz CT molecular complexity index is 2470. The minimum Gasteiger partial charge on any atom is -0.231 e. The lowest BCUT2D eigenvalue weighted by Gasteiger charge is -2.29. The van der Waals surface area contributed by atoms with Crippen LogP contribution in [0.5, 0.6) is 0 Å². The van der Waals surface area contributed by atoms with Crippen LogP contribution >= 0.6 is 0 Å². The average Bonchev–Trinajstić information content (AvgIpc) is 3.62. The fraction of sp³-hybridized carbons (Fsp3) is 0.0222. The quantitative estimate of drug-likeness (QED) is 0.203. The third-order valence-corrected chi connectivity index (χ3v) is 10.1. The lowest BCUT2D eigenvalue weighted by Crippen LogP contribution is -2.27. The highest BCUT2D eigenvalue weighted by molar-refractivity contribution is 5.98. The summed E-state index contributed by atoms with van der Waals surface area (Å²) in [5.74, 6) is 0.738. The van der Waals surface area contributed by atoms with Crippen LogP contribution in [0.1, 0.15) is 22.4 Å². The van der Waals surface area contributed by atoms with Crippen molar-refractivity contribution in [1.29, 1.82) is 0 Å². The number of benzene rings is 7. The van der Waals surface area contributed by atoms with Gasteiger partial charge in [0.15, 0.2) is 5.82 Å². The Morgan fingerprint density at radius 2 is 0.894 bits per heavy atom. The molecular formula is C45H28N2. The minimum absolute atomic E-state index is 0.536. The third-order valence-electron chi connectivity index (χ3n) is 10.1. The Morgan fingerprint density at radius 1 is 0.362 bits per heavy atom. The van der Waals surface area contributed by atoms with Gasteiger partial charge in [0, 0.05) is 16.7 Å². The van der Waals surface area contributed by atoms with E-state index in [1.165, 1.54) is 55.3 Å². The molecular weight excluding hydrogens is 569 g/mol. The largest absolute Gasteiger partial charge is 0.231 e. The first-order valence-electron chi connectivity index (χ1n) is 16.2. The first-order chi connectivity index (χ1) is 23.3. The maximum atomic E-state index is 5.59. The number of nitrogens with zero attached hydrogens (tertiary/aromatic N) is 2. The standard InChI is InChI=1S/C45H28N2/c1-2-13-31(14-3-1)42-41-37-18-8-11-21-40(37)45(38-19-9-6-16-35(38)36-17-7-10-20-39(36)45)43(41)47-44(46-42)32-25-22-30(23-26-32)34-27-24-29-12-4-5-15-33(29)28-34/h1-28H. The van der Waals surface area contributed by atoms with Crippen molar-refractivity contribution in [2.45, 2.75) is 5.41 Å². The van der Waals surface area contributed by atoms with E-state index >= 15 is 0 Å². The first kappa shape index (κ1) is 26.1. The van der Waals surface area contributed by atoms with Crippen molar-refractivity contribution < 1.29 is 0 Å². The number of hydrogen-bond acceptors (Lipinski definition) is 2. The zero-order valence-electron chi connectivity index (χ0n) is 25.6. The summed E-state index contributed by atoms with van der Waals surface area (Å²) in [5, 5.41) is 2.49. The molecule has 10 rings (SSSR count). The van der Waals surface area contributed by atoms with Gasteiger partial charge in [-0.1, -0.05) is 164 Å². The van der Waals surface area contributed by atoms with Crippen LogP contribution in [0, 0.1) is 0 Å². The molecule has 0 amide bonds. The van der Waals surface area contributed by atoms with E-state index in [0.717, 1.165) is 33.9 Å². The first-order valence-corrected chi connectivity index (χ1v) is 16.2. The third kappa shape index (κ3) is 3.67. The Morgan fingerprint density at radius 3 is 1.60 bits per heavy atom. The van der Waals surface area contributed by atoms with Crippen LogP contribution in [-0.4, -0.2) is 9.97 Å². The molecule has 0 saturated heterocycles. The van der Waals surface area contributed by atoms with Gasteiger partial charge in [-0.05, 0) is 61.3 Å². The fourth-order valence-electron chi connectivity index (χ4n) is 8.04. The minimum atomic E-state index is -0.536. The Kier molecular flexibility index (Phi) is 5.53. The van der Waals surface area contributed by atoms with Crippen LogP contribution in [-0.2, 0) is 5.41 Å². The maximum absolute atomic E-state index is 5.59. The normalized spacial score (nSPS) is 13.3. The van der Waals surface area contributed by atoms with Crippen molar-refractivity contribution in [2.75, 3.05) is 0 Å². The zero-order valence-corrected chi connectivity index (χ0v) is 25.6. The molecule has 0 saturated carbocycles. The van der Waals surface area contributed by atoms with Crippen LogP contribution in [0.4, 0.5) is 0 Å². The summed E-state index contributed by atoms with van der Waals surface area (Å²) in [7, 11) is 0. The van der Waals surface area contributed by atoms with Gasteiger partial charge in [-0.2, -0.15) is 0 Å². The second-order valence-electron chi connectivity index (χ2n) is 12.5. The highest BCUT2D eigenvalue weighted by Crippen LogP contribution is 2.63. The van der Waals surface area contributed by atoms with E-state index in [9.17, 15) is 0 Å². The van der Waals surface area contributed by atoms with E-state index in [1.807, 2.05) is 0 Å². The van der Waals surface area contributed by atoms with Crippen molar-refractivity contribution in [1.82, 2.24) is 9.97 Å². The molecule has 8 aromatic rings. The molecule has 0 unspecified atom stereocenters. The summed E-state index contributed by atoms with van der Waals surface area (Å²) in [6.45, 7) is 0. The summed E-state index contributed by atoms with van der Waals surface area (Å²) in [4.78, 5) is 11.0. The van der Waals surface area contributed by atoms with Gasteiger partial charge in [0.05, 0.1) is 16.8 Å². The van der Waals surface area contributed by atoms with Crippen molar-refractivity contribution >= 4 is 10.8 Å². The summed E-state index contributed by atoms with van der Waals surface area (Å²) in [5.41, 5.74) is 14.6. The van der Waals surface area contributed by atoms with Crippen molar-refractivity contribution in [2.24, 2.45) is 0 Å². The van der Waals surface area contributed by atoms with E-state index in [0.29, 0.717) is 0 Å². The molecule has 0 bridgehead atoms. The highest BCUT2D eigenvalue weighted by Gasteiger charge is 2.53. The summed E-state index contributed by atoms with van der Waals surface area (Å²) < 4.78 is 0. The fourth-order valence-corrected chi connectivity index (χ4v) is 8.04. The van der Waals surface area contributed by atoms with E-state index in [-0.39, 0.29) is 0 Å². The van der Waals surface area contributed by atoms with Crippen LogP contribution in [0.15, 0.2) is 170 Å². The SMILES string of the molecule is c1ccc(-c2nc(-c3ccc(-c4ccc5ccccc5c4)cc3)nc3c2-c2ccccc2C32c3ccccc3-c3ccccc32)cc1. The van der Waals surface area contributed by atoms with Gasteiger partial charge in [-0.15, -0.1) is 0 Å². The molecule has 2 nitrogen and oxygen atoms in total. The lowest BCUT2D eigenvalue weighted by molar-refractivity contribution is 0.758. The van der Waals surface area contributed by atoms with Gasteiger partial charge in [-0.3, -0.25) is 0 Å². The summed E-state index contributed by atoms with van der Waals surface area (Å²) in [6, 6.07) is 61.1. The van der Waals surface area contributed by atoms with E-state index in [1.54, 1.807) is 0 Å². The molecule has 218 valence electrons. The van der Waals surface area contributed by atoms with Crippen molar-refractivity contribution in [3.63, 3.8) is 0 Å². The lowest BCUT2D eigenvalue weighted by atomic mass is 9.72. The van der Waals surface area contributed by atoms with Gasteiger partial charge in [0.1, 0.15) is 0 Å². The molecule has 1 aromatic heterocycles. The van der Waals surface area contributed by atoms with Gasteiger partial charge in [-0.25, -0.2) is 9.97 Å². The number of rotatable bonds is 3. The van der Waals surface area contributed by atoms with Crippen LogP contribution < -0.4 is 0 Å². The van der Waals surface area contributed by atoms with Gasteiger partial charge in [0.25, 0.3) is 0 Å². The molecule has 2 aliphatic carbocycles. The molecule has 0 radical (unpaired) electrons. The Hall–Kier alpha value is -6.12. The molecule has 2 aliphatic rings. The smallest absolute Gasteiger partial charge is 0.160 e. The molecule has 0 N–H and O–H groups in total. The summed E-state index contributed by atoms with van der Waals surface area (Å²) >= 11 is 0. The maximum Gasteiger partial charge on any atom is 0.160 e. The van der Waals surface area contributed by atoms with Crippen molar-refractivity contribution in [3.05, 3.63) is 192 Å². The van der Waals surface area contributed by atoms with Crippen LogP contribution in [0.2, 0.25) is 0 Å². The molecule has 7 aromatic carbocycles. The number of aromatic nitrogens is 2. The second-order valence-corrected chi connectivity index (χ2v) is 12.5. The Balaban J connectivity index is 1.23. The average molecular weight is 597 g/mol.